The minimum atomic E-state index is -3.85. The maximum atomic E-state index is 13.8. The highest BCUT2D eigenvalue weighted by Crippen LogP contribution is 2.43. The lowest BCUT2D eigenvalue weighted by molar-refractivity contribution is -0.163. The first-order chi connectivity index (χ1) is 16.6. The Morgan fingerprint density at radius 2 is 1.94 bits per heavy atom. The molecule has 0 aliphatic carbocycles. The van der Waals surface area contributed by atoms with Crippen LogP contribution in [0.1, 0.15) is 33.1 Å². The van der Waals surface area contributed by atoms with Crippen molar-refractivity contribution >= 4 is 39.1 Å². The van der Waals surface area contributed by atoms with Crippen LogP contribution >= 0.6 is 11.8 Å². The number of carboxylic acid groups (broad SMARTS) is 1. The number of rotatable bonds is 10. The van der Waals surface area contributed by atoms with Crippen LogP contribution in [0.5, 0.6) is 5.75 Å². The van der Waals surface area contributed by atoms with E-state index in [4.69, 9.17) is 9.47 Å². The molecule has 0 unspecified atom stereocenters. The summed E-state index contributed by atoms with van der Waals surface area (Å²) >= 11 is 1.41. The van der Waals surface area contributed by atoms with E-state index in [0.717, 1.165) is 24.9 Å². The number of unbranched alkanes of at least 4 members (excludes halogenated alkanes) is 1. The fourth-order valence-electron chi connectivity index (χ4n) is 3.98. The van der Waals surface area contributed by atoms with Crippen molar-refractivity contribution in [2.45, 2.75) is 54.5 Å². The quantitative estimate of drug-likeness (QED) is 0.452. The van der Waals surface area contributed by atoms with Crippen molar-refractivity contribution in [2.75, 3.05) is 38.5 Å². The summed E-state index contributed by atoms with van der Waals surface area (Å²) < 4.78 is 40.1. The number of methoxy groups -OCH3 is 1. The molecule has 3 rings (SSSR count). The molecule has 1 aliphatic rings. The Balaban J connectivity index is 2.16. The number of sulfonamides is 1. The average molecular weight is 523 g/mol. The highest BCUT2D eigenvalue weighted by atomic mass is 32.2. The van der Waals surface area contributed by atoms with Gasteiger partial charge in [-0.25, -0.2) is 13.2 Å². The second-order valence-electron chi connectivity index (χ2n) is 8.76. The topological polar surface area (TPSA) is 96.4 Å². The van der Waals surface area contributed by atoms with Crippen LogP contribution in [-0.2, 0) is 19.6 Å². The van der Waals surface area contributed by atoms with E-state index >= 15 is 0 Å². The molecular weight excluding hydrogens is 488 g/mol. The fourth-order valence-corrected chi connectivity index (χ4v) is 6.10. The zero-order valence-electron chi connectivity index (χ0n) is 20.9. The van der Waals surface area contributed by atoms with Gasteiger partial charge in [0, 0.05) is 38.5 Å². The summed E-state index contributed by atoms with van der Waals surface area (Å²) in [6.07, 6.45) is 4.50. The van der Waals surface area contributed by atoms with Gasteiger partial charge in [-0.2, -0.15) is 4.31 Å². The molecule has 1 heterocycles. The van der Waals surface area contributed by atoms with E-state index in [-0.39, 0.29) is 17.5 Å². The molecule has 1 aliphatic heterocycles. The lowest BCUT2D eigenvalue weighted by atomic mass is 10.1. The summed E-state index contributed by atoms with van der Waals surface area (Å²) in [5.41, 5.74) is -0.0924. The van der Waals surface area contributed by atoms with Crippen molar-refractivity contribution in [1.29, 1.82) is 0 Å². The number of carbonyl (C=O) groups is 1. The van der Waals surface area contributed by atoms with Gasteiger partial charge in [-0.15, -0.1) is 11.8 Å². The van der Waals surface area contributed by atoms with Gasteiger partial charge < -0.3 is 19.5 Å². The predicted molar refractivity (Wildman–Crippen MR) is 138 cm³/mol. The standard InChI is InChI=1S/C25H34N2O6S2/c1-6-7-11-19-16-27(18-12-9-8-10-13-18)20-14-22(34-5)21(15-23(20)35(30,31)26(19)3)33-17-25(2,32-4)24(28)29/h8-10,12-15,19H,6-7,11,16-17H2,1-5H3,(H,28,29)/t19-,25-/m0/s1. The Morgan fingerprint density at radius 1 is 1.26 bits per heavy atom. The number of anilines is 2. The summed E-state index contributed by atoms with van der Waals surface area (Å²) in [7, 11) is -0.915. The fraction of sp³-hybridized carbons (Fsp3) is 0.480. The van der Waals surface area contributed by atoms with E-state index in [2.05, 4.69) is 11.8 Å². The zero-order chi connectivity index (χ0) is 25.8. The summed E-state index contributed by atoms with van der Waals surface area (Å²) in [6, 6.07) is 12.9. The number of thioether (sulfide) groups is 1. The molecule has 0 saturated carbocycles. The number of benzene rings is 2. The summed E-state index contributed by atoms with van der Waals surface area (Å²) in [4.78, 5) is 14.5. The van der Waals surface area contributed by atoms with Gasteiger partial charge in [0.25, 0.3) is 0 Å². The SMILES string of the molecule is CCCC[C@H]1CN(c2ccccc2)c2cc(SC)c(OC[C@](C)(OC)C(=O)O)cc2S(=O)(=O)N1C. The number of para-hydroxylation sites is 1. The first-order valence-electron chi connectivity index (χ1n) is 11.5. The van der Waals surface area contributed by atoms with Crippen LogP contribution < -0.4 is 9.64 Å². The Hall–Kier alpha value is -2.27. The molecule has 0 fully saturated rings. The van der Waals surface area contributed by atoms with Gasteiger partial charge in [0.2, 0.25) is 10.0 Å². The minimum Gasteiger partial charge on any atom is -0.489 e. The maximum Gasteiger partial charge on any atom is 0.339 e. The number of fused-ring (bicyclic) bond motifs is 1. The van der Waals surface area contributed by atoms with Crippen LogP contribution in [0.3, 0.4) is 0 Å². The maximum absolute atomic E-state index is 13.8. The van der Waals surface area contributed by atoms with Gasteiger partial charge in [0.15, 0.2) is 5.60 Å². The first kappa shape index (κ1) is 27.3. The molecule has 2 aromatic rings. The van der Waals surface area contributed by atoms with Crippen molar-refractivity contribution in [1.82, 2.24) is 4.31 Å². The molecule has 192 valence electrons. The molecule has 0 radical (unpaired) electrons. The van der Waals surface area contributed by atoms with Crippen molar-refractivity contribution in [3.05, 3.63) is 42.5 Å². The number of aliphatic carboxylic acids is 1. The van der Waals surface area contributed by atoms with Crippen LogP contribution in [0.2, 0.25) is 0 Å². The second kappa shape index (κ2) is 11.2. The van der Waals surface area contributed by atoms with E-state index < -0.39 is 21.6 Å². The van der Waals surface area contributed by atoms with E-state index in [9.17, 15) is 18.3 Å². The number of hydrogen-bond acceptors (Lipinski definition) is 7. The average Bonchev–Trinajstić information content (AvgIpc) is 2.94. The van der Waals surface area contributed by atoms with E-state index in [1.165, 1.54) is 36.2 Å². The summed E-state index contributed by atoms with van der Waals surface area (Å²) in [6.45, 7) is 3.75. The molecule has 0 bridgehead atoms. The monoisotopic (exact) mass is 522 g/mol. The molecule has 10 heteroatoms. The number of carboxylic acids is 1. The van der Waals surface area contributed by atoms with Crippen molar-refractivity contribution in [2.24, 2.45) is 0 Å². The molecule has 35 heavy (non-hydrogen) atoms. The van der Waals surface area contributed by atoms with Gasteiger partial charge in [0.05, 0.1) is 10.6 Å². The molecule has 1 N–H and O–H groups in total. The Morgan fingerprint density at radius 3 is 2.51 bits per heavy atom. The Kier molecular flexibility index (Phi) is 8.74. The van der Waals surface area contributed by atoms with Gasteiger partial charge in [-0.05, 0) is 37.8 Å². The van der Waals surface area contributed by atoms with E-state index in [0.29, 0.717) is 22.9 Å². The third-order valence-electron chi connectivity index (χ3n) is 6.47. The normalized spacial score (nSPS) is 19.5. The Bertz CT molecular complexity index is 1140. The molecule has 0 aromatic heterocycles. The first-order valence-corrected chi connectivity index (χ1v) is 14.2. The van der Waals surface area contributed by atoms with Gasteiger partial charge >= 0.3 is 5.97 Å². The zero-order valence-corrected chi connectivity index (χ0v) is 22.5. The number of nitrogens with zero attached hydrogens (tertiary/aromatic N) is 2. The van der Waals surface area contributed by atoms with Crippen LogP contribution in [0.4, 0.5) is 11.4 Å². The Labute approximate surface area is 212 Å². The van der Waals surface area contributed by atoms with E-state index in [1.807, 2.05) is 42.7 Å². The molecule has 0 spiro atoms. The van der Waals surface area contributed by atoms with Gasteiger partial charge in [-0.1, -0.05) is 38.0 Å². The van der Waals surface area contributed by atoms with Crippen LogP contribution in [0, 0.1) is 0 Å². The highest BCUT2D eigenvalue weighted by molar-refractivity contribution is 7.98. The molecule has 2 aromatic carbocycles. The number of likely N-dealkylation sites (N-methyl/N-ethyl adjacent to an activating group) is 1. The highest BCUT2D eigenvalue weighted by Gasteiger charge is 2.38. The van der Waals surface area contributed by atoms with Crippen LogP contribution in [0.25, 0.3) is 0 Å². The molecule has 2 atom stereocenters. The van der Waals surface area contributed by atoms with Gasteiger partial charge in [0.1, 0.15) is 17.3 Å². The lowest BCUT2D eigenvalue weighted by Crippen LogP contribution is -2.43. The lowest BCUT2D eigenvalue weighted by Gasteiger charge is -2.29. The minimum absolute atomic E-state index is 0.130. The van der Waals surface area contributed by atoms with Crippen molar-refractivity contribution < 1.29 is 27.8 Å². The van der Waals surface area contributed by atoms with Crippen LogP contribution in [0.15, 0.2) is 52.3 Å². The molecule has 8 nitrogen and oxygen atoms in total. The summed E-state index contributed by atoms with van der Waals surface area (Å²) in [5.74, 6) is -0.861. The van der Waals surface area contributed by atoms with Crippen molar-refractivity contribution in [3.8, 4) is 5.75 Å². The number of ether oxygens (including phenoxy) is 2. The summed E-state index contributed by atoms with van der Waals surface area (Å²) in [5, 5.41) is 9.53. The molecule has 0 amide bonds. The van der Waals surface area contributed by atoms with E-state index in [1.54, 1.807) is 7.05 Å². The largest absolute Gasteiger partial charge is 0.489 e. The predicted octanol–water partition coefficient (Wildman–Crippen LogP) is 4.61. The third-order valence-corrected chi connectivity index (χ3v) is 9.16. The molecule has 0 saturated heterocycles. The number of hydrogen-bond donors (Lipinski definition) is 1. The smallest absolute Gasteiger partial charge is 0.339 e. The van der Waals surface area contributed by atoms with Crippen LogP contribution in [-0.4, -0.2) is 69.0 Å². The van der Waals surface area contributed by atoms with Gasteiger partial charge in [-0.3, -0.25) is 0 Å². The third kappa shape index (κ3) is 5.61. The molecular formula is C25H34N2O6S2. The van der Waals surface area contributed by atoms with Crippen molar-refractivity contribution in [3.63, 3.8) is 0 Å². The second-order valence-corrected chi connectivity index (χ2v) is 11.6.